The predicted octanol–water partition coefficient (Wildman–Crippen LogP) is 4.42. The highest BCUT2D eigenvalue weighted by Gasteiger charge is 2.15. The number of fused-ring (bicyclic) bond motifs is 1. The zero-order valence-electron chi connectivity index (χ0n) is 13.8. The molecule has 4 nitrogen and oxygen atoms in total. The van der Waals surface area contributed by atoms with Crippen LogP contribution in [0.15, 0.2) is 71.3 Å². The van der Waals surface area contributed by atoms with Crippen LogP contribution >= 0.6 is 12.4 Å². The third kappa shape index (κ3) is 3.31. The summed E-state index contributed by atoms with van der Waals surface area (Å²) < 4.78 is 7.64. The van der Waals surface area contributed by atoms with Crippen molar-refractivity contribution in [3.8, 4) is 11.3 Å². The number of hydrogen-bond acceptors (Lipinski definition) is 3. The Kier molecular flexibility index (Phi) is 5.22. The Bertz CT molecular complexity index is 946. The minimum atomic E-state index is 0. The SMILES string of the molecule is Cl.NCc1nn(CCc2ccccc2)c2cccc(-c3ccco3)c12. The van der Waals surface area contributed by atoms with Gasteiger partial charge in [-0.3, -0.25) is 4.68 Å². The summed E-state index contributed by atoms with van der Waals surface area (Å²) in [6, 6.07) is 20.5. The second-order valence-corrected chi connectivity index (χ2v) is 5.79. The summed E-state index contributed by atoms with van der Waals surface area (Å²) in [4.78, 5) is 0. The van der Waals surface area contributed by atoms with Crippen LogP contribution in [0.1, 0.15) is 11.3 Å². The van der Waals surface area contributed by atoms with E-state index in [1.54, 1.807) is 6.26 Å². The number of halogens is 1. The molecule has 0 aliphatic rings. The lowest BCUT2D eigenvalue weighted by Crippen LogP contribution is -2.05. The second kappa shape index (κ2) is 7.55. The van der Waals surface area contributed by atoms with Gasteiger partial charge in [0.2, 0.25) is 0 Å². The summed E-state index contributed by atoms with van der Waals surface area (Å²) in [5.74, 6) is 0.845. The molecule has 5 heteroatoms. The van der Waals surface area contributed by atoms with Crippen molar-refractivity contribution in [2.24, 2.45) is 5.73 Å². The van der Waals surface area contributed by atoms with E-state index < -0.39 is 0 Å². The number of nitrogens with two attached hydrogens (primary N) is 1. The summed E-state index contributed by atoms with van der Waals surface area (Å²) in [7, 11) is 0. The first-order valence-corrected chi connectivity index (χ1v) is 8.13. The maximum atomic E-state index is 5.95. The molecule has 0 aliphatic carbocycles. The Morgan fingerprint density at radius 1 is 0.960 bits per heavy atom. The Morgan fingerprint density at radius 3 is 2.52 bits per heavy atom. The van der Waals surface area contributed by atoms with Crippen LogP contribution in [0.2, 0.25) is 0 Å². The van der Waals surface area contributed by atoms with E-state index in [1.165, 1.54) is 5.56 Å². The number of benzene rings is 2. The molecule has 2 aromatic carbocycles. The molecule has 2 aromatic heterocycles. The molecule has 2 heterocycles. The maximum Gasteiger partial charge on any atom is 0.134 e. The molecule has 2 N–H and O–H groups in total. The molecular weight excluding hydrogens is 334 g/mol. The number of furan rings is 1. The van der Waals surface area contributed by atoms with Gasteiger partial charge in [-0.1, -0.05) is 42.5 Å². The smallest absolute Gasteiger partial charge is 0.134 e. The van der Waals surface area contributed by atoms with E-state index in [1.807, 2.05) is 24.3 Å². The standard InChI is InChI=1S/C20H19N3O.ClH/c21-14-17-20-16(19-10-5-13-24-19)8-4-9-18(20)23(22-17)12-11-15-6-2-1-3-7-15;/h1-10,13H,11-12,14,21H2;1H. The molecule has 0 saturated heterocycles. The van der Waals surface area contributed by atoms with Crippen molar-refractivity contribution in [2.45, 2.75) is 19.5 Å². The van der Waals surface area contributed by atoms with Crippen molar-refractivity contribution in [3.63, 3.8) is 0 Å². The summed E-state index contributed by atoms with van der Waals surface area (Å²) in [6.07, 6.45) is 2.63. The molecule has 25 heavy (non-hydrogen) atoms. The molecule has 0 bridgehead atoms. The molecular formula is C20H20ClN3O. The predicted molar refractivity (Wildman–Crippen MR) is 103 cm³/mol. The Morgan fingerprint density at radius 2 is 1.80 bits per heavy atom. The average Bonchev–Trinajstić information content (AvgIpc) is 3.28. The molecule has 0 fully saturated rings. The van der Waals surface area contributed by atoms with Crippen LogP contribution in [0, 0.1) is 0 Å². The monoisotopic (exact) mass is 353 g/mol. The highest BCUT2D eigenvalue weighted by Crippen LogP contribution is 2.31. The average molecular weight is 354 g/mol. The Balaban J connectivity index is 0.00000182. The van der Waals surface area contributed by atoms with Crippen LogP contribution in [-0.4, -0.2) is 9.78 Å². The molecule has 0 amide bonds. The fourth-order valence-corrected chi connectivity index (χ4v) is 3.14. The second-order valence-electron chi connectivity index (χ2n) is 5.79. The summed E-state index contributed by atoms with van der Waals surface area (Å²) in [5.41, 5.74) is 10.3. The molecule has 4 aromatic rings. The quantitative estimate of drug-likeness (QED) is 0.577. The van der Waals surface area contributed by atoms with Gasteiger partial charge < -0.3 is 10.2 Å². The lowest BCUT2D eigenvalue weighted by Gasteiger charge is -2.05. The highest BCUT2D eigenvalue weighted by molar-refractivity contribution is 5.95. The van der Waals surface area contributed by atoms with E-state index in [9.17, 15) is 0 Å². The molecule has 0 atom stereocenters. The van der Waals surface area contributed by atoms with E-state index in [-0.39, 0.29) is 12.4 Å². The van der Waals surface area contributed by atoms with Crippen LogP contribution in [0.25, 0.3) is 22.2 Å². The third-order valence-corrected chi connectivity index (χ3v) is 4.29. The topological polar surface area (TPSA) is 57.0 Å². The van der Waals surface area contributed by atoms with E-state index >= 15 is 0 Å². The largest absolute Gasteiger partial charge is 0.464 e. The maximum absolute atomic E-state index is 5.95. The van der Waals surface area contributed by atoms with E-state index in [0.717, 1.165) is 40.9 Å². The van der Waals surface area contributed by atoms with Gasteiger partial charge in [0, 0.05) is 24.0 Å². The minimum absolute atomic E-state index is 0. The van der Waals surface area contributed by atoms with Crippen LogP contribution < -0.4 is 5.73 Å². The molecule has 4 rings (SSSR count). The first-order chi connectivity index (χ1) is 11.9. The number of hydrogen-bond donors (Lipinski definition) is 1. The lowest BCUT2D eigenvalue weighted by atomic mass is 10.1. The van der Waals surface area contributed by atoms with Crippen molar-refractivity contribution in [3.05, 3.63) is 78.2 Å². The number of rotatable bonds is 5. The van der Waals surface area contributed by atoms with Crippen LogP contribution in [0.3, 0.4) is 0 Å². The Labute approximate surface area is 152 Å². The van der Waals surface area contributed by atoms with Crippen molar-refractivity contribution >= 4 is 23.3 Å². The normalized spacial score (nSPS) is 10.8. The van der Waals surface area contributed by atoms with Gasteiger partial charge in [0.1, 0.15) is 5.76 Å². The molecule has 0 saturated carbocycles. The molecule has 128 valence electrons. The van der Waals surface area contributed by atoms with Gasteiger partial charge in [-0.2, -0.15) is 5.10 Å². The van der Waals surface area contributed by atoms with E-state index in [2.05, 4.69) is 41.1 Å². The number of nitrogens with zero attached hydrogens (tertiary/aromatic N) is 2. The van der Waals surface area contributed by atoms with Gasteiger partial charge in [-0.05, 0) is 30.2 Å². The van der Waals surface area contributed by atoms with Crippen molar-refractivity contribution < 1.29 is 4.42 Å². The van der Waals surface area contributed by atoms with E-state index in [4.69, 9.17) is 15.2 Å². The van der Waals surface area contributed by atoms with Crippen LogP contribution in [-0.2, 0) is 19.5 Å². The van der Waals surface area contributed by atoms with Crippen molar-refractivity contribution in [1.82, 2.24) is 9.78 Å². The Hall–Kier alpha value is -2.56. The van der Waals surface area contributed by atoms with Gasteiger partial charge in [-0.15, -0.1) is 12.4 Å². The first-order valence-electron chi connectivity index (χ1n) is 8.13. The summed E-state index contributed by atoms with van der Waals surface area (Å²) >= 11 is 0. The van der Waals surface area contributed by atoms with Crippen LogP contribution in [0.5, 0.6) is 0 Å². The van der Waals surface area contributed by atoms with E-state index in [0.29, 0.717) is 6.54 Å². The first kappa shape index (κ1) is 17.3. The molecule has 0 aliphatic heterocycles. The van der Waals surface area contributed by atoms with Gasteiger partial charge in [-0.25, -0.2) is 0 Å². The van der Waals surface area contributed by atoms with Gasteiger partial charge in [0.25, 0.3) is 0 Å². The molecule has 0 spiro atoms. The zero-order chi connectivity index (χ0) is 16.4. The highest BCUT2D eigenvalue weighted by atomic mass is 35.5. The number of aromatic nitrogens is 2. The van der Waals surface area contributed by atoms with Gasteiger partial charge in [0.15, 0.2) is 0 Å². The molecule has 0 radical (unpaired) electrons. The van der Waals surface area contributed by atoms with Crippen molar-refractivity contribution in [2.75, 3.05) is 0 Å². The molecule has 0 unspecified atom stereocenters. The third-order valence-electron chi connectivity index (χ3n) is 4.29. The summed E-state index contributed by atoms with van der Waals surface area (Å²) in [6.45, 7) is 1.23. The zero-order valence-corrected chi connectivity index (χ0v) is 14.6. The van der Waals surface area contributed by atoms with Crippen molar-refractivity contribution in [1.29, 1.82) is 0 Å². The lowest BCUT2D eigenvalue weighted by molar-refractivity contribution is 0.583. The van der Waals surface area contributed by atoms with Gasteiger partial charge >= 0.3 is 0 Å². The van der Waals surface area contributed by atoms with Gasteiger partial charge in [0.05, 0.1) is 17.5 Å². The minimum Gasteiger partial charge on any atom is -0.464 e. The number of aryl methyl sites for hydroxylation is 2. The fourth-order valence-electron chi connectivity index (χ4n) is 3.14. The summed E-state index contributed by atoms with van der Waals surface area (Å²) in [5, 5.41) is 5.83. The fraction of sp³-hybridized carbons (Fsp3) is 0.150. The van der Waals surface area contributed by atoms with Crippen LogP contribution in [0.4, 0.5) is 0 Å².